The van der Waals surface area contributed by atoms with Crippen molar-refractivity contribution >= 4 is 18.0 Å². The van der Waals surface area contributed by atoms with Crippen molar-refractivity contribution in [2.75, 3.05) is 20.3 Å². The summed E-state index contributed by atoms with van der Waals surface area (Å²) in [5, 5.41) is 14.5. The second kappa shape index (κ2) is 12.4. The fourth-order valence-corrected chi connectivity index (χ4v) is 4.34. The van der Waals surface area contributed by atoms with Crippen LogP contribution in [0, 0.1) is 5.92 Å². The van der Waals surface area contributed by atoms with Gasteiger partial charge in [-0.1, -0.05) is 62.4 Å². The quantitative estimate of drug-likeness (QED) is 0.422. The summed E-state index contributed by atoms with van der Waals surface area (Å²) in [6.45, 7) is 4.36. The van der Waals surface area contributed by atoms with Gasteiger partial charge in [0.25, 0.3) is 0 Å². The molecule has 0 radical (unpaired) electrons. The Kier molecular flexibility index (Phi) is 9.25. The first-order valence-corrected chi connectivity index (χ1v) is 12.0. The summed E-state index contributed by atoms with van der Waals surface area (Å²) in [6.07, 6.45) is -0.354. The molecule has 3 rings (SSSR count). The summed E-state index contributed by atoms with van der Waals surface area (Å²) >= 11 is 0. The zero-order chi connectivity index (χ0) is 25.4. The van der Waals surface area contributed by atoms with Crippen LogP contribution in [0.2, 0.25) is 0 Å². The van der Waals surface area contributed by atoms with E-state index < -0.39 is 24.2 Å². The Labute approximate surface area is 206 Å². The number of hydrogen-bond donors (Lipinski definition) is 3. The lowest BCUT2D eigenvalue weighted by Gasteiger charge is -2.21. The normalized spacial score (nSPS) is 14.1. The van der Waals surface area contributed by atoms with Gasteiger partial charge in [0.2, 0.25) is 5.91 Å². The SMILES string of the molecule is COC(CCNC(=O)C(CCC(C)C)NC(=O)OCC1c2ccccc2-c2ccccc21)C(=O)O. The molecule has 2 atom stereocenters. The Hall–Kier alpha value is -3.39. The topological polar surface area (TPSA) is 114 Å². The van der Waals surface area contributed by atoms with E-state index in [4.69, 9.17) is 14.6 Å². The number of carboxylic acids is 1. The zero-order valence-corrected chi connectivity index (χ0v) is 20.5. The number of fused-ring (bicyclic) bond motifs is 3. The minimum atomic E-state index is -1.09. The number of methoxy groups -OCH3 is 1. The predicted molar refractivity (Wildman–Crippen MR) is 132 cm³/mol. The number of carbonyl (C=O) groups is 3. The Morgan fingerprint density at radius 3 is 2.09 bits per heavy atom. The van der Waals surface area contributed by atoms with Crippen molar-refractivity contribution in [2.24, 2.45) is 5.92 Å². The van der Waals surface area contributed by atoms with Crippen LogP contribution < -0.4 is 10.6 Å². The Morgan fingerprint density at radius 1 is 0.943 bits per heavy atom. The van der Waals surface area contributed by atoms with Gasteiger partial charge in [0, 0.05) is 26.0 Å². The maximum Gasteiger partial charge on any atom is 0.407 e. The molecule has 0 saturated heterocycles. The van der Waals surface area contributed by atoms with Crippen molar-refractivity contribution < 1.29 is 29.0 Å². The minimum absolute atomic E-state index is 0.0712. The summed E-state index contributed by atoms with van der Waals surface area (Å²) in [5.41, 5.74) is 4.51. The van der Waals surface area contributed by atoms with Crippen molar-refractivity contribution in [2.45, 2.75) is 51.2 Å². The maximum atomic E-state index is 12.7. The second-order valence-corrected chi connectivity index (χ2v) is 9.14. The van der Waals surface area contributed by atoms with Gasteiger partial charge in [0.15, 0.2) is 6.10 Å². The number of benzene rings is 2. The van der Waals surface area contributed by atoms with E-state index in [0.29, 0.717) is 12.3 Å². The number of rotatable bonds is 12. The van der Waals surface area contributed by atoms with Crippen LogP contribution in [0.1, 0.15) is 50.2 Å². The second-order valence-electron chi connectivity index (χ2n) is 9.14. The molecule has 0 fully saturated rings. The van der Waals surface area contributed by atoms with Gasteiger partial charge in [0.05, 0.1) is 0 Å². The van der Waals surface area contributed by atoms with E-state index in [1.165, 1.54) is 7.11 Å². The smallest absolute Gasteiger partial charge is 0.407 e. The summed E-state index contributed by atoms with van der Waals surface area (Å²) in [7, 11) is 1.31. The highest BCUT2D eigenvalue weighted by atomic mass is 16.5. The molecule has 2 aromatic rings. The van der Waals surface area contributed by atoms with Crippen LogP contribution >= 0.6 is 0 Å². The summed E-state index contributed by atoms with van der Waals surface area (Å²) < 4.78 is 10.5. The fraction of sp³-hybridized carbons (Fsp3) is 0.444. The van der Waals surface area contributed by atoms with E-state index in [9.17, 15) is 14.4 Å². The molecular formula is C27H34N2O6. The van der Waals surface area contributed by atoms with Gasteiger partial charge in [-0.05, 0) is 41.0 Å². The van der Waals surface area contributed by atoms with Gasteiger partial charge in [0.1, 0.15) is 12.6 Å². The predicted octanol–water partition coefficient (Wildman–Crippen LogP) is 3.94. The van der Waals surface area contributed by atoms with Crippen LogP contribution in [0.3, 0.4) is 0 Å². The lowest BCUT2D eigenvalue weighted by atomic mass is 9.98. The van der Waals surface area contributed by atoms with Crippen molar-refractivity contribution in [1.29, 1.82) is 0 Å². The standard InChI is InChI=1S/C27H34N2O6/c1-17(2)12-13-23(25(30)28-15-14-24(34-3)26(31)32)29-27(33)35-16-22-20-10-6-4-8-18(20)19-9-5-7-11-21(19)22/h4-11,17,22-24H,12-16H2,1-3H3,(H,28,30)(H,29,33)(H,31,32). The van der Waals surface area contributed by atoms with Crippen LogP contribution in [0.25, 0.3) is 11.1 Å². The van der Waals surface area contributed by atoms with Gasteiger partial charge in [-0.3, -0.25) is 4.79 Å². The van der Waals surface area contributed by atoms with E-state index in [1.807, 2.05) is 50.2 Å². The third-order valence-electron chi connectivity index (χ3n) is 6.25. The number of carboxylic acid groups (broad SMARTS) is 1. The number of aliphatic carboxylic acids is 1. The van der Waals surface area contributed by atoms with Crippen LogP contribution in [0.5, 0.6) is 0 Å². The van der Waals surface area contributed by atoms with Crippen LogP contribution in [-0.2, 0) is 19.1 Å². The molecule has 8 heteroatoms. The molecule has 2 amide bonds. The number of ether oxygens (including phenoxy) is 2. The monoisotopic (exact) mass is 482 g/mol. The lowest BCUT2D eigenvalue weighted by Crippen LogP contribution is -2.48. The van der Waals surface area contributed by atoms with E-state index in [1.54, 1.807) is 0 Å². The molecule has 1 aliphatic carbocycles. The van der Waals surface area contributed by atoms with Crippen LogP contribution in [0.4, 0.5) is 4.79 Å². The molecule has 3 N–H and O–H groups in total. The Morgan fingerprint density at radius 2 is 1.54 bits per heavy atom. The largest absolute Gasteiger partial charge is 0.479 e. The molecule has 0 spiro atoms. The average Bonchev–Trinajstić information content (AvgIpc) is 3.16. The highest BCUT2D eigenvalue weighted by Gasteiger charge is 2.30. The van der Waals surface area contributed by atoms with Gasteiger partial charge < -0.3 is 25.2 Å². The maximum absolute atomic E-state index is 12.7. The average molecular weight is 483 g/mol. The molecule has 0 bridgehead atoms. The van der Waals surface area contributed by atoms with E-state index in [0.717, 1.165) is 28.7 Å². The molecular weight excluding hydrogens is 448 g/mol. The number of alkyl carbamates (subject to hydrolysis) is 1. The Bertz CT molecular complexity index is 992. The van der Waals surface area contributed by atoms with Gasteiger partial charge in [-0.25, -0.2) is 9.59 Å². The summed E-state index contributed by atoms with van der Waals surface area (Å²) in [6, 6.07) is 15.4. The van der Waals surface area contributed by atoms with Gasteiger partial charge >= 0.3 is 12.1 Å². The van der Waals surface area contributed by atoms with E-state index in [2.05, 4.69) is 22.8 Å². The molecule has 35 heavy (non-hydrogen) atoms. The van der Waals surface area contributed by atoms with E-state index >= 15 is 0 Å². The van der Waals surface area contributed by atoms with E-state index in [-0.39, 0.29) is 31.4 Å². The number of carbonyl (C=O) groups excluding carboxylic acids is 2. The molecule has 0 aliphatic heterocycles. The van der Waals surface area contributed by atoms with Crippen molar-refractivity contribution in [1.82, 2.24) is 10.6 Å². The number of amides is 2. The van der Waals surface area contributed by atoms with Crippen molar-refractivity contribution in [3.63, 3.8) is 0 Å². The van der Waals surface area contributed by atoms with Crippen LogP contribution in [-0.4, -0.2) is 55.5 Å². The molecule has 2 unspecified atom stereocenters. The van der Waals surface area contributed by atoms with Gasteiger partial charge in [-0.2, -0.15) is 0 Å². The van der Waals surface area contributed by atoms with Crippen LogP contribution in [0.15, 0.2) is 48.5 Å². The first kappa shape index (κ1) is 26.2. The lowest BCUT2D eigenvalue weighted by molar-refractivity contribution is -0.149. The first-order chi connectivity index (χ1) is 16.8. The zero-order valence-electron chi connectivity index (χ0n) is 20.5. The molecule has 0 saturated carbocycles. The van der Waals surface area contributed by atoms with Crippen molar-refractivity contribution in [3.05, 3.63) is 59.7 Å². The molecule has 8 nitrogen and oxygen atoms in total. The number of nitrogens with one attached hydrogen (secondary N) is 2. The van der Waals surface area contributed by atoms with Crippen molar-refractivity contribution in [3.8, 4) is 11.1 Å². The number of hydrogen-bond acceptors (Lipinski definition) is 5. The highest BCUT2D eigenvalue weighted by Crippen LogP contribution is 2.44. The molecule has 2 aromatic carbocycles. The molecule has 0 aromatic heterocycles. The summed E-state index contributed by atoms with van der Waals surface area (Å²) in [5.74, 6) is -1.19. The summed E-state index contributed by atoms with van der Waals surface area (Å²) in [4.78, 5) is 36.5. The molecule has 188 valence electrons. The highest BCUT2D eigenvalue weighted by molar-refractivity contribution is 5.85. The minimum Gasteiger partial charge on any atom is -0.479 e. The molecule has 1 aliphatic rings. The Balaban J connectivity index is 1.59. The fourth-order valence-electron chi connectivity index (χ4n) is 4.34. The third kappa shape index (κ3) is 6.82. The molecule has 0 heterocycles. The third-order valence-corrected chi connectivity index (χ3v) is 6.25. The first-order valence-electron chi connectivity index (χ1n) is 12.0. The van der Waals surface area contributed by atoms with Gasteiger partial charge in [-0.15, -0.1) is 0 Å².